The minimum Gasteiger partial charge on any atom is -0.449 e. The van der Waals surface area contributed by atoms with E-state index in [0.717, 1.165) is 11.6 Å². The third kappa shape index (κ3) is 3.70. The molecule has 2 aromatic carbocycles. The number of halogens is 1. The zero-order chi connectivity index (χ0) is 18.7. The number of nitro benzene ring substituents is 1. The Kier molecular flexibility index (Phi) is 4.94. The van der Waals surface area contributed by atoms with Crippen molar-refractivity contribution < 1.29 is 18.9 Å². The molecule has 0 saturated heterocycles. The molecule has 1 unspecified atom stereocenters. The summed E-state index contributed by atoms with van der Waals surface area (Å²) in [6.45, 7) is 1.55. The van der Waals surface area contributed by atoms with Gasteiger partial charge in [0.05, 0.1) is 15.5 Å². The minimum absolute atomic E-state index is 0.0447. The molecule has 0 bridgehead atoms. The van der Waals surface area contributed by atoms with E-state index >= 15 is 0 Å². The molecule has 8 nitrogen and oxygen atoms in total. The van der Waals surface area contributed by atoms with Crippen molar-refractivity contribution in [1.82, 2.24) is 10.2 Å². The van der Waals surface area contributed by atoms with Gasteiger partial charge < -0.3 is 9.15 Å². The fraction of sp³-hybridized carbons (Fsp3) is 0.118. The molecule has 0 aliphatic rings. The first-order chi connectivity index (χ1) is 12.5. The Bertz CT molecular complexity index is 958. The Balaban J connectivity index is 1.77. The number of non-ortho nitro benzene ring substituents is 1. The Morgan fingerprint density at radius 1 is 1.23 bits per heavy atom. The zero-order valence-electron chi connectivity index (χ0n) is 13.5. The van der Waals surface area contributed by atoms with E-state index in [-0.39, 0.29) is 28.1 Å². The highest BCUT2D eigenvalue weighted by Crippen LogP contribution is 2.26. The molecule has 1 atom stereocenters. The van der Waals surface area contributed by atoms with Gasteiger partial charge in [0.2, 0.25) is 5.89 Å². The van der Waals surface area contributed by atoms with Crippen molar-refractivity contribution in [2.24, 2.45) is 0 Å². The second kappa shape index (κ2) is 7.32. The predicted molar refractivity (Wildman–Crippen MR) is 91.7 cm³/mol. The molecule has 0 amide bonds. The highest BCUT2D eigenvalue weighted by Gasteiger charge is 2.23. The third-order valence-electron chi connectivity index (χ3n) is 3.47. The van der Waals surface area contributed by atoms with Crippen LogP contribution in [-0.4, -0.2) is 21.1 Å². The van der Waals surface area contributed by atoms with Gasteiger partial charge in [-0.25, -0.2) is 4.79 Å². The van der Waals surface area contributed by atoms with Crippen LogP contribution < -0.4 is 0 Å². The van der Waals surface area contributed by atoms with Gasteiger partial charge in [0.25, 0.3) is 11.6 Å². The summed E-state index contributed by atoms with van der Waals surface area (Å²) in [4.78, 5) is 22.5. The van der Waals surface area contributed by atoms with Crippen molar-refractivity contribution in [3.8, 4) is 11.5 Å². The van der Waals surface area contributed by atoms with Gasteiger partial charge in [-0.1, -0.05) is 29.8 Å². The van der Waals surface area contributed by atoms with E-state index < -0.39 is 17.0 Å². The first-order valence-electron chi connectivity index (χ1n) is 7.49. The Morgan fingerprint density at radius 3 is 2.65 bits per heavy atom. The normalized spacial score (nSPS) is 11.8. The molecule has 0 saturated carbocycles. The van der Waals surface area contributed by atoms with Crippen LogP contribution in [0.15, 0.2) is 52.9 Å². The van der Waals surface area contributed by atoms with Gasteiger partial charge in [-0.3, -0.25) is 10.1 Å². The van der Waals surface area contributed by atoms with Crippen LogP contribution in [0.5, 0.6) is 0 Å². The van der Waals surface area contributed by atoms with Crippen molar-refractivity contribution in [3.05, 3.63) is 75.1 Å². The molecule has 0 fully saturated rings. The highest BCUT2D eigenvalue weighted by molar-refractivity contribution is 6.33. The van der Waals surface area contributed by atoms with E-state index in [1.807, 2.05) is 18.2 Å². The number of esters is 1. The number of rotatable bonds is 5. The largest absolute Gasteiger partial charge is 0.449 e. The SMILES string of the molecule is CC(OC(=O)c1cc([N+](=O)[O-])ccc1Cl)c1nnc(-c2ccccc2)o1. The number of carbonyl (C=O) groups is 1. The molecule has 0 aliphatic carbocycles. The summed E-state index contributed by atoms with van der Waals surface area (Å²) in [5, 5.41) is 18.7. The number of carbonyl (C=O) groups excluding carboxylic acids is 1. The second-order valence-electron chi connectivity index (χ2n) is 5.28. The molecule has 1 heterocycles. The molecule has 1 aromatic heterocycles. The van der Waals surface area contributed by atoms with Crippen molar-refractivity contribution in [2.75, 3.05) is 0 Å². The molecule has 132 valence electrons. The van der Waals surface area contributed by atoms with Crippen LogP contribution in [0.25, 0.3) is 11.5 Å². The van der Waals surface area contributed by atoms with E-state index in [1.54, 1.807) is 19.1 Å². The Hall–Kier alpha value is -3.26. The quantitative estimate of drug-likeness (QED) is 0.374. The van der Waals surface area contributed by atoms with Gasteiger partial charge in [-0.15, -0.1) is 10.2 Å². The smallest absolute Gasteiger partial charge is 0.340 e. The standard InChI is InChI=1S/C17H12ClN3O5/c1-10(15-19-20-16(26-15)11-5-3-2-4-6-11)25-17(22)13-9-12(21(23)24)7-8-14(13)18/h2-10H,1H3. The van der Waals surface area contributed by atoms with Crippen LogP contribution in [0, 0.1) is 10.1 Å². The van der Waals surface area contributed by atoms with Gasteiger partial charge in [0, 0.05) is 17.7 Å². The van der Waals surface area contributed by atoms with Crippen LogP contribution in [-0.2, 0) is 4.74 Å². The van der Waals surface area contributed by atoms with Crippen molar-refractivity contribution >= 4 is 23.3 Å². The molecule has 0 spiro atoms. The summed E-state index contributed by atoms with van der Waals surface area (Å²) in [7, 11) is 0. The monoisotopic (exact) mass is 373 g/mol. The minimum atomic E-state index is -0.859. The molecular formula is C17H12ClN3O5. The molecule has 26 heavy (non-hydrogen) atoms. The van der Waals surface area contributed by atoms with E-state index in [2.05, 4.69) is 10.2 Å². The second-order valence-corrected chi connectivity index (χ2v) is 5.69. The molecule has 0 N–H and O–H groups in total. The van der Waals surface area contributed by atoms with E-state index in [0.29, 0.717) is 0 Å². The molecule has 9 heteroatoms. The number of benzene rings is 2. The number of hydrogen-bond donors (Lipinski definition) is 0. The summed E-state index contributed by atoms with van der Waals surface area (Å²) < 4.78 is 10.8. The maximum Gasteiger partial charge on any atom is 0.340 e. The van der Waals surface area contributed by atoms with E-state index in [4.69, 9.17) is 20.8 Å². The number of hydrogen-bond acceptors (Lipinski definition) is 7. The average molecular weight is 374 g/mol. The highest BCUT2D eigenvalue weighted by atomic mass is 35.5. The van der Waals surface area contributed by atoms with Crippen LogP contribution >= 0.6 is 11.6 Å². The van der Waals surface area contributed by atoms with Gasteiger partial charge in [-0.2, -0.15) is 0 Å². The summed E-state index contributed by atoms with van der Waals surface area (Å²) >= 11 is 5.93. The first-order valence-corrected chi connectivity index (χ1v) is 7.87. The molecule has 0 radical (unpaired) electrons. The summed E-state index contributed by atoms with van der Waals surface area (Å²) in [5.74, 6) is -0.443. The van der Waals surface area contributed by atoms with E-state index in [9.17, 15) is 14.9 Å². The lowest BCUT2D eigenvalue weighted by Crippen LogP contribution is -2.10. The lowest BCUT2D eigenvalue weighted by Gasteiger charge is -2.10. The molecule has 0 aliphatic heterocycles. The van der Waals surface area contributed by atoms with Crippen LogP contribution in [0.3, 0.4) is 0 Å². The zero-order valence-corrected chi connectivity index (χ0v) is 14.2. The van der Waals surface area contributed by atoms with Gasteiger partial charge in [0.1, 0.15) is 0 Å². The number of nitro groups is 1. The lowest BCUT2D eigenvalue weighted by atomic mass is 10.2. The van der Waals surface area contributed by atoms with Gasteiger partial charge in [0.15, 0.2) is 6.10 Å². The van der Waals surface area contributed by atoms with Crippen LogP contribution in [0.1, 0.15) is 29.3 Å². The maximum atomic E-state index is 12.3. The molecule has 3 aromatic rings. The lowest BCUT2D eigenvalue weighted by molar-refractivity contribution is -0.384. The first kappa shape index (κ1) is 17.6. The Morgan fingerprint density at radius 2 is 1.96 bits per heavy atom. The number of aromatic nitrogens is 2. The predicted octanol–water partition coefficient (Wildman–Crippen LogP) is 4.22. The Labute approximate surface area is 152 Å². The topological polar surface area (TPSA) is 108 Å². The maximum absolute atomic E-state index is 12.3. The van der Waals surface area contributed by atoms with Gasteiger partial charge >= 0.3 is 5.97 Å². The molecular weight excluding hydrogens is 362 g/mol. The number of nitrogens with zero attached hydrogens (tertiary/aromatic N) is 3. The van der Waals surface area contributed by atoms with Crippen molar-refractivity contribution in [1.29, 1.82) is 0 Å². The average Bonchev–Trinajstić information content (AvgIpc) is 3.13. The van der Waals surface area contributed by atoms with Crippen LogP contribution in [0.4, 0.5) is 5.69 Å². The van der Waals surface area contributed by atoms with E-state index in [1.165, 1.54) is 12.1 Å². The molecule has 3 rings (SSSR count). The fourth-order valence-corrected chi connectivity index (χ4v) is 2.35. The van der Waals surface area contributed by atoms with Crippen molar-refractivity contribution in [3.63, 3.8) is 0 Å². The fourth-order valence-electron chi connectivity index (χ4n) is 2.15. The third-order valence-corrected chi connectivity index (χ3v) is 3.80. The summed E-state index contributed by atoms with van der Waals surface area (Å²) in [6, 6.07) is 12.6. The number of ether oxygens (including phenoxy) is 1. The summed E-state index contributed by atoms with van der Waals surface area (Å²) in [6.07, 6.45) is -0.859. The van der Waals surface area contributed by atoms with Crippen molar-refractivity contribution in [2.45, 2.75) is 13.0 Å². The van der Waals surface area contributed by atoms with Crippen LogP contribution in [0.2, 0.25) is 5.02 Å². The summed E-state index contributed by atoms with van der Waals surface area (Å²) in [5.41, 5.74) is 0.347. The van der Waals surface area contributed by atoms with Gasteiger partial charge in [-0.05, 0) is 25.1 Å².